The molecule has 0 amide bonds. The van der Waals surface area contributed by atoms with Crippen molar-refractivity contribution >= 4 is 39.3 Å². The number of hydrogen-bond donors (Lipinski definition) is 1. The van der Waals surface area contributed by atoms with E-state index in [9.17, 15) is 4.79 Å². The maximum absolute atomic E-state index is 11.2. The van der Waals surface area contributed by atoms with Gasteiger partial charge in [-0.1, -0.05) is 16.9 Å². The number of thioether (sulfide) groups is 1. The van der Waals surface area contributed by atoms with Crippen LogP contribution in [-0.4, -0.2) is 26.2 Å². The van der Waals surface area contributed by atoms with Crippen LogP contribution in [0.5, 0.6) is 0 Å². The Morgan fingerprint density at radius 2 is 2.35 bits per heavy atom. The van der Waals surface area contributed by atoms with Gasteiger partial charge in [-0.05, 0) is 12.5 Å². The van der Waals surface area contributed by atoms with E-state index in [1.54, 1.807) is 19.2 Å². The highest BCUT2D eigenvalue weighted by Crippen LogP contribution is 2.35. The molecule has 0 aliphatic carbocycles. The van der Waals surface area contributed by atoms with E-state index in [4.69, 9.17) is 9.63 Å². The van der Waals surface area contributed by atoms with E-state index in [-0.39, 0.29) is 0 Å². The summed E-state index contributed by atoms with van der Waals surface area (Å²) in [4.78, 5) is 20.6. The fourth-order valence-corrected chi connectivity index (χ4v) is 3.80. The van der Waals surface area contributed by atoms with Crippen LogP contribution in [0, 0.1) is 6.92 Å². The van der Waals surface area contributed by atoms with Crippen LogP contribution in [0.2, 0.25) is 0 Å². The van der Waals surface area contributed by atoms with Crippen LogP contribution in [0.15, 0.2) is 28.1 Å². The summed E-state index contributed by atoms with van der Waals surface area (Å²) in [6, 6.07) is 1.79. The number of fused-ring (bicyclic) bond motifs is 1. The molecule has 0 radical (unpaired) electrons. The quantitative estimate of drug-likeness (QED) is 0.585. The minimum Gasteiger partial charge on any atom is -0.477 e. The fraction of sp³-hybridized carbons (Fsp3) is 0.167. The summed E-state index contributed by atoms with van der Waals surface area (Å²) < 4.78 is 5.04. The van der Waals surface area contributed by atoms with Crippen LogP contribution in [0.4, 0.5) is 0 Å². The minimum absolute atomic E-state index is 0.307. The predicted molar refractivity (Wildman–Crippen MR) is 75.2 cm³/mol. The molecular formula is C12H9N3O3S2. The van der Waals surface area contributed by atoms with Gasteiger partial charge in [-0.25, -0.2) is 14.8 Å². The first-order valence-corrected chi connectivity index (χ1v) is 7.46. The largest absolute Gasteiger partial charge is 0.477 e. The van der Waals surface area contributed by atoms with E-state index < -0.39 is 5.97 Å². The zero-order valence-electron chi connectivity index (χ0n) is 10.4. The lowest BCUT2D eigenvalue weighted by molar-refractivity contribution is 0.0701. The molecule has 20 heavy (non-hydrogen) atoms. The van der Waals surface area contributed by atoms with Gasteiger partial charge >= 0.3 is 5.97 Å². The summed E-state index contributed by atoms with van der Waals surface area (Å²) in [7, 11) is 0. The van der Waals surface area contributed by atoms with E-state index in [1.807, 2.05) is 0 Å². The van der Waals surface area contributed by atoms with Crippen LogP contribution >= 0.6 is 23.1 Å². The highest BCUT2D eigenvalue weighted by molar-refractivity contribution is 7.98. The Kier molecular flexibility index (Phi) is 3.41. The second-order valence-electron chi connectivity index (χ2n) is 3.99. The van der Waals surface area contributed by atoms with Crippen LogP contribution in [-0.2, 0) is 5.75 Å². The lowest BCUT2D eigenvalue weighted by Gasteiger charge is -2.01. The molecule has 0 saturated carbocycles. The molecule has 0 aliphatic heterocycles. The third-order valence-electron chi connectivity index (χ3n) is 2.73. The normalized spacial score (nSPS) is 11.1. The van der Waals surface area contributed by atoms with Gasteiger partial charge in [-0.3, -0.25) is 0 Å². The molecular weight excluding hydrogens is 298 g/mol. The zero-order valence-corrected chi connectivity index (χ0v) is 12.0. The maximum atomic E-state index is 11.2. The van der Waals surface area contributed by atoms with Crippen molar-refractivity contribution in [3.8, 4) is 0 Å². The average Bonchev–Trinajstić information content (AvgIpc) is 3.05. The summed E-state index contributed by atoms with van der Waals surface area (Å²) in [6.07, 6.45) is 3.04. The summed E-state index contributed by atoms with van der Waals surface area (Å²) in [5.41, 5.74) is 0.707. The van der Waals surface area contributed by atoms with E-state index >= 15 is 0 Å². The van der Waals surface area contributed by atoms with Crippen LogP contribution in [0.1, 0.15) is 21.0 Å². The molecule has 0 aromatic carbocycles. The first kappa shape index (κ1) is 13.1. The molecule has 3 heterocycles. The van der Waals surface area contributed by atoms with Crippen molar-refractivity contribution in [1.29, 1.82) is 0 Å². The molecule has 0 aliphatic rings. The van der Waals surface area contributed by atoms with E-state index in [1.165, 1.54) is 29.4 Å². The Labute approximate surface area is 121 Å². The molecule has 0 unspecified atom stereocenters. The first-order chi connectivity index (χ1) is 9.66. The number of hydrogen-bond acceptors (Lipinski definition) is 7. The van der Waals surface area contributed by atoms with Gasteiger partial charge in [0, 0.05) is 11.5 Å². The second-order valence-corrected chi connectivity index (χ2v) is 5.95. The highest BCUT2D eigenvalue weighted by atomic mass is 32.2. The number of aromatic carboxylic acids is 1. The topological polar surface area (TPSA) is 89.1 Å². The Balaban J connectivity index is 2.00. The lowest BCUT2D eigenvalue weighted by atomic mass is 10.2. The number of aryl methyl sites for hydroxylation is 1. The van der Waals surface area contributed by atoms with Gasteiger partial charge in [0.05, 0.1) is 11.9 Å². The molecule has 3 aromatic rings. The van der Waals surface area contributed by atoms with Crippen molar-refractivity contribution in [3.05, 3.63) is 34.8 Å². The summed E-state index contributed by atoms with van der Waals surface area (Å²) in [5.74, 6) is 0.397. The third-order valence-corrected chi connectivity index (χ3v) is 4.93. The number of aromatic nitrogens is 3. The molecule has 102 valence electrons. The lowest BCUT2D eigenvalue weighted by Crippen LogP contribution is -1.94. The van der Waals surface area contributed by atoms with Crippen molar-refractivity contribution in [1.82, 2.24) is 15.1 Å². The third kappa shape index (κ3) is 2.27. The number of carbonyl (C=O) groups is 1. The fourth-order valence-electron chi connectivity index (χ4n) is 1.81. The van der Waals surface area contributed by atoms with Crippen LogP contribution in [0.3, 0.4) is 0 Å². The van der Waals surface area contributed by atoms with Crippen LogP contribution < -0.4 is 0 Å². The van der Waals surface area contributed by atoms with Gasteiger partial charge in [0.15, 0.2) is 0 Å². The smallest absolute Gasteiger partial charge is 0.346 e. The van der Waals surface area contributed by atoms with E-state index in [0.717, 1.165) is 16.2 Å². The molecule has 0 bridgehead atoms. The minimum atomic E-state index is -0.934. The average molecular weight is 307 g/mol. The van der Waals surface area contributed by atoms with Gasteiger partial charge in [0.2, 0.25) is 0 Å². The molecule has 0 saturated heterocycles. The van der Waals surface area contributed by atoms with Crippen molar-refractivity contribution in [2.75, 3.05) is 0 Å². The Hall–Kier alpha value is -1.93. The Morgan fingerprint density at radius 3 is 3.05 bits per heavy atom. The first-order valence-electron chi connectivity index (χ1n) is 5.66. The Bertz CT molecular complexity index is 768. The molecule has 1 N–H and O–H groups in total. The van der Waals surface area contributed by atoms with Crippen molar-refractivity contribution < 1.29 is 14.4 Å². The molecule has 6 nitrogen and oxygen atoms in total. The Morgan fingerprint density at radius 1 is 1.50 bits per heavy atom. The van der Waals surface area contributed by atoms with Crippen LogP contribution in [0.25, 0.3) is 10.2 Å². The summed E-state index contributed by atoms with van der Waals surface area (Å²) >= 11 is 2.65. The summed E-state index contributed by atoms with van der Waals surface area (Å²) in [5, 5.41) is 14.4. The molecule has 8 heteroatoms. The molecule has 3 aromatic heterocycles. The van der Waals surface area contributed by atoms with E-state index in [0.29, 0.717) is 21.0 Å². The number of rotatable bonds is 4. The maximum Gasteiger partial charge on any atom is 0.346 e. The van der Waals surface area contributed by atoms with Crippen molar-refractivity contribution in [2.45, 2.75) is 17.7 Å². The predicted octanol–water partition coefficient (Wildman–Crippen LogP) is 2.98. The molecule has 0 atom stereocenters. The highest BCUT2D eigenvalue weighted by Gasteiger charge is 2.18. The zero-order chi connectivity index (χ0) is 14.1. The monoisotopic (exact) mass is 307 g/mol. The SMILES string of the molecule is Cc1c(C(=O)O)sc2ncnc(SCc3ccno3)c12. The van der Waals surface area contributed by atoms with E-state index in [2.05, 4.69) is 15.1 Å². The second kappa shape index (κ2) is 5.22. The standard InChI is InChI=1S/C12H9N3O3S2/c1-6-8-10(19-4-7-2-3-15-18-7)13-5-14-11(8)20-9(6)12(16)17/h2-3,5H,4H2,1H3,(H,16,17). The number of thiophene rings is 1. The van der Waals surface area contributed by atoms with Gasteiger partial charge < -0.3 is 9.63 Å². The van der Waals surface area contributed by atoms with Gasteiger partial charge in [0.25, 0.3) is 0 Å². The number of carboxylic acids is 1. The number of carboxylic acid groups (broad SMARTS) is 1. The molecule has 0 spiro atoms. The number of nitrogens with zero attached hydrogens (tertiary/aromatic N) is 3. The molecule has 0 fully saturated rings. The molecule has 3 rings (SSSR count). The summed E-state index contributed by atoms with van der Waals surface area (Å²) in [6.45, 7) is 1.78. The van der Waals surface area contributed by atoms with Crippen molar-refractivity contribution in [2.24, 2.45) is 0 Å². The van der Waals surface area contributed by atoms with Gasteiger partial charge in [0.1, 0.15) is 26.8 Å². The van der Waals surface area contributed by atoms with Gasteiger partial charge in [-0.2, -0.15) is 0 Å². The van der Waals surface area contributed by atoms with Gasteiger partial charge in [-0.15, -0.1) is 11.3 Å². The van der Waals surface area contributed by atoms with Crippen molar-refractivity contribution in [3.63, 3.8) is 0 Å².